The summed E-state index contributed by atoms with van der Waals surface area (Å²) in [5.41, 5.74) is 1.40. The van der Waals surface area contributed by atoms with Crippen molar-refractivity contribution >= 4 is 0 Å². The molecule has 0 aliphatic carbocycles. The van der Waals surface area contributed by atoms with Gasteiger partial charge in [0.15, 0.2) is 0 Å². The number of benzene rings is 1. The number of aromatic nitrogens is 2. The lowest BCUT2D eigenvalue weighted by Gasteiger charge is -2.26. The van der Waals surface area contributed by atoms with Gasteiger partial charge in [-0.25, -0.2) is 4.98 Å². The maximum Gasteiger partial charge on any atom is 0.105 e. The maximum atomic E-state index is 4.39. The fourth-order valence-electron chi connectivity index (χ4n) is 3.07. The average molecular weight is 255 g/mol. The van der Waals surface area contributed by atoms with Gasteiger partial charge < -0.3 is 9.88 Å². The number of aryl methyl sites for hydroxylation is 1. The normalized spacial score (nSPS) is 20.6. The first-order chi connectivity index (χ1) is 9.34. The quantitative estimate of drug-likeness (QED) is 0.910. The van der Waals surface area contributed by atoms with Crippen LogP contribution in [0, 0.1) is 6.92 Å². The van der Waals surface area contributed by atoms with E-state index in [-0.39, 0.29) is 0 Å². The van der Waals surface area contributed by atoms with Crippen molar-refractivity contribution in [1.29, 1.82) is 0 Å². The predicted octanol–water partition coefficient (Wildman–Crippen LogP) is 2.73. The van der Waals surface area contributed by atoms with Gasteiger partial charge in [-0.2, -0.15) is 0 Å². The van der Waals surface area contributed by atoms with E-state index in [1.54, 1.807) is 0 Å². The van der Waals surface area contributed by atoms with Gasteiger partial charge in [0.25, 0.3) is 0 Å². The van der Waals surface area contributed by atoms with Crippen molar-refractivity contribution in [3.63, 3.8) is 0 Å². The summed E-state index contributed by atoms with van der Waals surface area (Å²) in [6.07, 6.45) is 7.62. The third-order valence-electron chi connectivity index (χ3n) is 4.07. The van der Waals surface area contributed by atoms with Crippen LogP contribution in [0.3, 0.4) is 0 Å². The molecule has 1 aliphatic rings. The lowest BCUT2D eigenvalue weighted by Crippen LogP contribution is -2.34. The molecule has 1 saturated heterocycles. The Hall–Kier alpha value is -1.61. The lowest BCUT2D eigenvalue weighted by atomic mass is 9.98. The van der Waals surface area contributed by atoms with E-state index in [9.17, 15) is 0 Å². The summed E-state index contributed by atoms with van der Waals surface area (Å²) < 4.78 is 2.33. The molecule has 0 saturated carbocycles. The summed E-state index contributed by atoms with van der Waals surface area (Å²) in [5, 5.41) is 3.64. The van der Waals surface area contributed by atoms with Gasteiger partial charge in [-0.15, -0.1) is 0 Å². The molecular formula is C16H21N3. The summed E-state index contributed by atoms with van der Waals surface area (Å²) in [7, 11) is 0. The van der Waals surface area contributed by atoms with Crippen molar-refractivity contribution in [2.45, 2.75) is 38.3 Å². The molecule has 0 amide bonds. The maximum absolute atomic E-state index is 4.39. The van der Waals surface area contributed by atoms with Crippen LogP contribution in [0.25, 0.3) is 0 Å². The molecule has 1 fully saturated rings. The fourth-order valence-corrected chi connectivity index (χ4v) is 3.07. The molecule has 2 atom stereocenters. The van der Waals surface area contributed by atoms with Gasteiger partial charge in [0.2, 0.25) is 0 Å². The molecule has 3 nitrogen and oxygen atoms in total. The minimum atomic E-state index is 0.465. The molecule has 19 heavy (non-hydrogen) atoms. The van der Waals surface area contributed by atoms with Crippen LogP contribution in [0.4, 0.5) is 0 Å². The van der Waals surface area contributed by atoms with Crippen LogP contribution in [-0.4, -0.2) is 22.1 Å². The van der Waals surface area contributed by atoms with E-state index in [2.05, 4.69) is 58.3 Å². The fraction of sp³-hybridized carbons (Fsp3) is 0.438. The molecule has 2 aromatic rings. The SMILES string of the molecule is Cc1nccn1C(Cc1ccccc1)C1CCCN1. The first-order valence-corrected chi connectivity index (χ1v) is 7.11. The number of nitrogens with zero attached hydrogens (tertiary/aromatic N) is 2. The Morgan fingerprint density at radius 3 is 2.84 bits per heavy atom. The summed E-state index contributed by atoms with van der Waals surface area (Å²) >= 11 is 0. The van der Waals surface area contributed by atoms with E-state index in [1.807, 2.05) is 6.20 Å². The van der Waals surface area contributed by atoms with Crippen molar-refractivity contribution in [3.05, 3.63) is 54.1 Å². The first-order valence-electron chi connectivity index (χ1n) is 7.11. The smallest absolute Gasteiger partial charge is 0.105 e. The monoisotopic (exact) mass is 255 g/mol. The molecule has 1 N–H and O–H groups in total. The summed E-state index contributed by atoms with van der Waals surface area (Å²) in [6.45, 7) is 3.23. The summed E-state index contributed by atoms with van der Waals surface area (Å²) in [4.78, 5) is 4.39. The van der Waals surface area contributed by atoms with Crippen LogP contribution in [0.15, 0.2) is 42.7 Å². The standard InChI is InChI=1S/C16H21N3/c1-13-17-10-11-19(13)16(15-8-5-9-18-15)12-14-6-3-2-4-7-14/h2-4,6-7,10-11,15-16,18H,5,8-9,12H2,1H3. The lowest BCUT2D eigenvalue weighted by molar-refractivity contribution is 0.372. The first kappa shape index (κ1) is 12.4. The van der Waals surface area contributed by atoms with Crippen molar-refractivity contribution in [2.75, 3.05) is 6.54 Å². The highest BCUT2D eigenvalue weighted by molar-refractivity contribution is 5.17. The third-order valence-corrected chi connectivity index (χ3v) is 4.07. The summed E-state index contributed by atoms with van der Waals surface area (Å²) in [5.74, 6) is 1.11. The van der Waals surface area contributed by atoms with Crippen LogP contribution >= 0.6 is 0 Å². The Morgan fingerprint density at radius 1 is 1.37 bits per heavy atom. The molecule has 0 radical (unpaired) electrons. The van der Waals surface area contributed by atoms with Crippen LogP contribution in [0.5, 0.6) is 0 Å². The number of rotatable bonds is 4. The van der Waals surface area contributed by atoms with E-state index >= 15 is 0 Å². The van der Waals surface area contributed by atoms with Crippen molar-refractivity contribution < 1.29 is 0 Å². The van der Waals surface area contributed by atoms with Gasteiger partial charge >= 0.3 is 0 Å². The second kappa shape index (κ2) is 5.57. The highest BCUT2D eigenvalue weighted by atomic mass is 15.1. The summed E-state index contributed by atoms with van der Waals surface area (Å²) in [6, 6.07) is 11.8. The Kier molecular flexibility index (Phi) is 3.65. The Morgan fingerprint density at radius 2 is 2.21 bits per heavy atom. The van der Waals surface area contributed by atoms with Crippen LogP contribution in [0.2, 0.25) is 0 Å². The molecule has 2 unspecified atom stereocenters. The number of imidazole rings is 1. The molecular weight excluding hydrogens is 234 g/mol. The van der Waals surface area contributed by atoms with Crippen LogP contribution in [0.1, 0.15) is 30.3 Å². The largest absolute Gasteiger partial charge is 0.330 e. The Labute approximate surface area is 114 Å². The van der Waals surface area contributed by atoms with Gasteiger partial charge in [0.05, 0.1) is 6.04 Å². The molecule has 1 aromatic heterocycles. The van der Waals surface area contributed by atoms with Gasteiger partial charge in [-0.05, 0) is 38.3 Å². The topological polar surface area (TPSA) is 29.9 Å². The van der Waals surface area contributed by atoms with Crippen molar-refractivity contribution in [1.82, 2.24) is 14.9 Å². The molecule has 0 bridgehead atoms. The molecule has 2 heterocycles. The molecule has 1 aromatic carbocycles. The molecule has 100 valence electrons. The highest BCUT2D eigenvalue weighted by Gasteiger charge is 2.26. The van der Waals surface area contributed by atoms with Gasteiger partial charge in [-0.3, -0.25) is 0 Å². The van der Waals surface area contributed by atoms with Gasteiger partial charge in [0, 0.05) is 18.4 Å². The second-order valence-electron chi connectivity index (χ2n) is 5.34. The zero-order valence-electron chi connectivity index (χ0n) is 11.4. The number of nitrogens with one attached hydrogen (secondary N) is 1. The average Bonchev–Trinajstić information content (AvgIpc) is 3.09. The molecule has 1 aliphatic heterocycles. The van der Waals surface area contributed by atoms with E-state index in [0.29, 0.717) is 12.1 Å². The van der Waals surface area contributed by atoms with Crippen molar-refractivity contribution in [2.24, 2.45) is 0 Å². The van der Waals surface area contributed by atoms with Crippen LogP contribution < -0.4 is 5.32 Å². The minimum absolute atomic E-state index is 0.465. The van der Waals surface area contributed by atoms with E-state index in [4.69, 9.17) is 0 Å². The van der Waals surface area contributed by atoms with E-state index < -0.39 is 0 Å². The Bertz CT molecular complexity index is 512. The number of hydrogen-bond acceptors (Lipinski definition) is 2. The second-order valence-corrected chi connectivity index (χ2v) is 5.34. The Balaban J connectivity index is 1.86. The molecule has 3 rings (SSSR count). The zero-order valence-corrected chi connectivity index (χ0v) is 11.4. The van der Waals surface area contributed by atoms with Gasteiger partial charge in [-0.1, -0.05) is 30.3 Å². The zero-order chi connectivity index (χ0) is 13.1. The number of hydrogen-bond donors (Lipinski definition) is 1. The van der Waals surface area contributed by atoms with Gasteiger partial charge in [0.1, 0.15) is 5.82 Å². The van der Waals surface area contributed by atoms with E-state index in [0.717, 1.165) is 18.8 Å². The highest BCUT2D eigenvalue weighted by Crippen LogP contribution is 2.25. The van der Waals surface area contributed by atoms with E-state index in [1.165, 1.54) is 18.4 Å². The molecule has 3 heteroatoms. The van der Waals surface area contributed by atoms with Crippen molar-refractivity contribution in [3.8, 4) is 0 Å². The third kappa shape index (κ3) is 2.71. The minimum Gasteiger partial charge on any atom is -0.330 e. The molecule has 0 spiro atoms. The predicted molar refractivity (Wildman–Crippen MR) is 77.2 cm³/mol. The van der Waals surface area contributed by atoms with Crippen LogP contribution in [-0.2, 0) is 6.42 Å².